The van der Waals surface area contributed by atoms with Gasteiger partial charge in [-0.25, -0.2) is 0 Å². The van der Waals surface area contributed by atoms with Gasteiger partial charge in [0.1, 0.15) is 0 Å². The third-order valence-corrected chi connectivity index (χ3v) is 4.15. The Morgan fingerprint density at radius 1 is 0.900 bits per heavy atom. The van der Waals surface area contributed by atoms with E-state index in [0.29, 0.717) is 0 Å². The van der Waals surface area contributed by atoms with Crippen LogP contribution in [-0.4, -0.2) is 47.6 Å². The van der Waals surface area contributed by atoms with Crippen molar-refractivity contribution in [1.29, 1.82) is 0 Å². The minimum Gasteiger partial charge on any atom is -0.392 e. The average Bonchev–Trinajstić information content (AvgIpc) is 2.50. The van der Waals surface area contributed by atoms with Crippen LogP contribution in [0.3, 0.4) is 0 Å². The predicted octanol–water partition coefficient (Wildman–Crippen LogP) is 2.49. The van der Waals surface area contributed by atoms with Crippen LogP contribution in [0.5, 0.6) is 0 Å². The Balaban J connectivity index is 1.70. The molecule has 0 spiro atoms. The van der Waals surface area contributed by atoms with Crippen LogP contribution in [0, 0.1) is 0 Å². The van der Waals surface area contributed by atoms with Crippen molar-refractivity contribution in [2.75, 3.05) is 32.7 Å². The van der Waals surface area contributed by atoms with Crippen molar-refractivity contribution in [2.24, 2.45) is 0 Å². The number of hydrogen-bond acceptors (Lipinski definition) is 3. The monoisotopic (exact) mass is 276 g/mol. The zero-order valence-corrected chi connectivity index (χ0v) is 12.7. The maximum atomic E-state index is 9.05. The highest BCUT2D eigenvalue weighted by molar-refractivity contribution is 5.21. The van der Waals surface area contributed by atoms with Gasteiger partial charge in [0, 0.05) is 32.7 Å². The van der Waals surface area contributed by atoms with Crippen molar-refractivity contribution in [1.82, 2.24) is 9.80 Å². The van der Waals surface area contributed by atoms with Gasteiger partial charge in [0.05, 0.1) is 6.61 Å². The fraction of sp³-hybridized carbons (Fsp3) is 0.647. The van der Waals surface area contributed by atoms with Crippen LogP contribution >= 0.6 is 0 Å². The third kappa shape index (κ3) is 4.89. The van der Waals surface area contributed by atoms with E-state index in [9.17, 15) is 0 Å². The van der Waals surface area contributed by atoms with Gasteiger partial charge in [0.15, 0.2) is 0 Å². The number of benzene rings is 1. The SMILES string of the molecule is CCCCCN1CCN(Cc2ccc(CO)cc2)CC1. The van der Waals surface area contributed by atoms with Crippen LogP contribution in [0.4, 0.5) is 0 Å². The van der Waals surface area contributed by atoms with E-state index in [2.05, 4.69) is 28.9 Å². The molecule has 3 heteroatoms. The predicted molar refractivity (Wildman–Crippen MR) is 83.6 cm³/mol. The average molecular weight is 276 g/mol. The van der Waals surface area contributed by atoms with E-state index < -0.39 is 0 Å². The number of nitrogens with zero attached hydrogens (tertiary/aromatic N) is 2. The molecule has 1 aromatic rings. The molecule has 1 aromatic carbocycles. The summed E-state index contributed by atoms with van der Waals surface area (Å²) in [6.45, 7) is 9.47. The zero-order chi connectivity index (χ0) is 14.2. The van der Waals surface area contributed by atoms with Crippen molar-refractivity contribution < 1.29 is 5.11 Å². The molecule has 1 N–H and O–H groups in total. The Morgan fingerprint density at radius 2 is 1.50 bits per heavy atom. The lowest BCUT2D eigenvalue weighted by Crippen LogP contribution is -2.46. The second-order valence-electron chi connectivity index (χ2n) is 5.80. The minimum absolute atomic E-state index is 0.136. The van der Waals surface area contributed by atoms with Gasteiger partial charge in [0.25, 0.3) is 0 Å². The Kier molecular flexibility index (Phi) is 6.51. The van der Waals surface area contributed by atoms with Gasteiger partial charge in [-0.15, -0.1) is 0 Å². The number of aliphatic hydroxyl groups is 1. The first-order valence-corrected chi connectivity index (χ1v) is 7.95. The van der Waals surface area contributed by atoms with E-state index in [-0.39, 0.29) is 6.61 Å². The highest BCUT2D eigenvalue weighted by atomic mass is 16.3. The quantitative estimate of drug-likeness (QED) is 0.775. The first-order chi connectivity index (χ1) is 9.81. The lowest BCUT2D eigenvalue weighted by molar-refractivity contribution is 0.125. The van der Waals surface area contributed by atoms with Crippen molar-refractivity contribution in [3.63, 3.8) is 0 Å². The van der Waals surface area contributed by atoms with Crippen molar-refractivity contribution in [3.05, 3.63) is 35.4 Å². The van der Waals surface area contributed by atoms with Crippen LogP contribution in [0.25, 0.3) is 0 Å². The van der Waals surface area contributed by atoms with E-state index in [4.69, 9.17) is 5.11 Å². The van der Waals surface area contributed by atoms with Crippen LogP contribution in [0.15, 0.2) is 24.3 Å². The second-order valence-corrected chi connectivity index (χ2v) is 5.80. The molecule has 1 saturated heterocycles. The fourth-order valence-corrected chi connectivity index (χ4v) is 2.76. The Bertz CT molecular complexity index is 369. The molecule has 0 aromatic heterocycles. The zero-order valence-electron chi connectivity index (χ0n) is 12.7. The number of hydrogen-bond donors (Lipinski definition) is 1. The number of rotatable bonds is 7. The van der Waals surface area contributed by atoms with Crippen LogP contribution in [0.2, 0.25) is 0 Å². The van der Waals surface area contributed by atoms with Crippen molar-refractivity contribution in [2.45, 2.75) is 39.3 Å². The summed E-state index contributed by atoms with van der Waals surface area (Å²) in [6, 6.07) is 8.32. The van der Waals surface area contributed by atoms with Crippen LogP contribution in [-0.2, 0) is 13.2 Å². The standard InChI is InChI=1S/C17H28N2O/c1-2-3-4-9-18-10-12-19(13-11-18)14-16-5-7-17(15-20)8-6-16/h5-8,20H,2-4,9-15H2,1H3. The molecule has 3 nitrogen and oxygen atoms in total. The maximum absolute atomic E-state index is 9.05. The van der Waals surface area contributed by atoms with Gasteiger partial charge < -0.3 is 10.0 Å². The summed E-state index contributed by atoms with van der Waals surface area (Å²) >= 11 is 0. The molecule has 112 valence electrons. The van der Waals surface area contributed by atoms with E-state index in [1.54, 1.807) is 0 Å². The highest BCUT2D eigenvalue weighted by Gasteiger charge is 2.16. The molecule has 0 saturated carbocycles. The van der Waals surface area contributed by atoms with Crippen molar-refractivity contribution >= 4 is 0 Å². The molecule has 1 fully saturated rings. The molecule has 0 atom stereocenters. The molecule has 20 heavy (non-hydrogen) atoms. The number of piperazine rings is 1. The molecule has 0 unspecified atom stereocenters. The Labute approximate surface area is 123 Å². The molecular weight excluding hydrogens is 248 g/mol. The summed E-state index contributed by atoms with van der Waals surface area (Å²) in [5, 5.41) is 9.05. The molecule has 1 heterocycles. The third-order valence-electron chi connectivity index (χ3n) is 4.15. The Morgan fingerprint density at radius 3 is 2.10 bits per heavy atom. The first kappa shape index (κ1) is 15.5. The van der Waals surface area contributed by atoms with E-state index in [1.807, 2.05) is 12.1 Å². The number of aliphatic hydroxyl groups excluding tert-OH is 1. The fourth-order valence-electron chi connectivity index (χ4n) is 2.76. The lowest BCUT2D eigenvalue weighted by atomic mass is 10.1. The molecule has 0 aliphatic carbocycles. The van der Waals surface area contributed by atoms with Gasteiger partial charge in [-0.3, -0.25) is 4.90 Å². The molecular formula is C17H28N2O. The molecule has 2 rings (SSSR count). The van der Waals surface area contributed by atoms with Gasteiger partial charge >= 0.3 is 0 Å². The summed E-state index contributed by atoms with van der Waals surface area (Å²) in [5.41, 5.74) is 2.34. The topological polar surface area (TPSA) is 26.7 Å². The molecule has 1 aliphatic heterocycles. The molecule has 0 radical (unpaired) electrons. The summed E-state index contributed by atoms with van der Waals surface area (Å²) < 4.78 is 0. The first-order valence-electron chi connectivity index (χ1n) is 7.95. The van der Waals surface area contributed by atoms with E-state index in [0.717, 1.165) is 12.1 Å². The van der Waals surface area contributed by atoms with Gasteiger partial charge in [-0.05, 0) is 24.1 Å². The molecule has 0 bridgehead atoms. The van der Waals surface area contributed by atoms with Gasteiger partial charge in [-0.2, -0.15) is 0 Å². The van der Waals surface area contributed by atoms with Crippen LogP contribution < -0.4 is 0 Å². The summed E-state index contributed by atoms with van der Waals surface area (Å²) in [6.07, 6.45) is 4.01. The van der Waals surface area contributed by atoms with E-state index in [1.165, 1.54) is 57.5 Å². The molecule has 1 aliphatic rings. The number of unbranched alkanes of at least 4 members (excludes halogenated alkanes) is 2. The van der Waals surface area contributed by atoms with Gasteiger partial charge in [0.2, 0.25) is 0 Å². The summed E-state index contributed by atoms with van der Waals surface area (Å²) in [5.74, 6) is 0. The lowest BCUT2D eigenvalue weighted by Gasteiger charge is -2.34. The van der Waals surface area contributed by atoms with Gasteiger partial charge in [-0.1, -0.05) is 44.0 Å². The molecule has 0 amide bonds. The van der Waals surface area contributed by atoms with Crippen LogP contribution in [0.1, 0.15) is 37.3 Å². The largest absolute Gasteiger partial charge is 0.392 e. The minimum atomic E-state index is 0.136. The summed E-state index contributed by atoms with van der Waals surface area (Å²) in [4.78, 5) is 5.13. The normalized spacial score (nSPS) is 17.5. The summed E-state index contributed by atoms with van der Waals surface area (Å²) in [7, 11) is 0. The highest BCUT2D eigenvalue weighted by Crippen LogP contribution is 2.11. The maximum Gasteiger partial charge on any atom is 0.0681 e. The smallest absolute Gasteiger partial charge is 0.0681 e. The van der Waals surface area contributed by atoms with E-state index >= 15 is 0 Å². The second kappa shape index (κ2) is 8.40. The Hall–Kier alpha value is -0.900. The van der Waals surface area contributed by atoms with Crippen molar-refractivity contribution in [3.8, 4) is 0 Å².